The SMILES string of the molecule is O=C(O)c1cc(N2CCC(c3n[nH]c4ncccc34)CC2)nc(Cl)n1. The van der Waals surface area contributed by atoms with Crippen LogP contribution in [-0.2, 0) is 0 Å². The number of hydrogen-bond donors (Lipinski definition) is 2. The van der Waals surface area contributed by atoms with Crippen molar-refractivity contribution in [3.05, 3.63) is 41.1 Å². The summed E-state index contributed by atoms with van der Waals surface area (Å²) in [5, 5.41) is 17.5. The van der Waals surface area contributed by atoms with Gasteiger partial charge in [0.2, 0.25) is 5.28 Å². The molecule has 0 aromatic carbocycles. The van der Waals surface area contributed by atoms with Gasteiger partial charge < -0.3 is 10.0 Å². The summed E-state index contributed by atoms with van der Waals surface area (Å²) in [4.78, 5) is 25.3. The van der Waals surface area contributed by atoms with Gasteiger partial charge in [0.15, 0.2) is 11.3 Å². The number of nitrogens with zero attached hydrogens (tertiary/aromatic N) is 5. The first-order valence-corrected chi connectivity index (χ1v) is 8.31. The van der Waals surface area contributed by atoms with Crippen LogP contribution in [0.15, 0.2) is 24.4 Å². The van der Waals surface area contributed by atoms with E-state index in [1.165, 1.54) is 6.07 Å². The number of aromatic amines is 1. The van der Waals surface area contributed by atoms with Crippen LogP contribution in [0.4, 0.5) is 5.82 Å². The Morgan fingerprint density at radius 2 is 2.12 bits per heavy atom. The molecule has 3 aromatic rings. The van der Waals surface area contributed by atoms with Crippen LogP contribution in [0.2, 0.25) is 5.28 Å². The normalized spacial score (nSPS) is 15.6. The van der Waals surface area contributed by atoms with Crippen molar-refractivity contribution in [2.24, 2.45) is 0 Å². The van der Waals surface area contributed by atoms with Gasteiger partial charge in [-0.3, -0.25) is 5.10 Å². The Balaban J connectivity index is 1.53. The maximum absolute atomic E-state index is 11.1. The molecule has 128 valence electrons. The van der Waals surface area contributed by atoms with Crippen LogP contribution in [-0.4, -0.2) is 49.3 Å². The molecule has 4 heterocycles. The zero-order valence-electron chi connectivity index (χ0n) is 13.2. The summed E-state index contributed by atoms with van der Waals surface area (Å²) in [6, 6.07) is 5.39. The van der Waals surface area contributed by atoms with Crippen LogP contribution in [0.1, 0.15) is 34.9 Å². The monoisotopic (exact) mass is 358 g/mol. The Morgan fingerprint density at radius 3 is 2.88 bits per heavy atom. The number of anilines is 1. The third-order valence-electron chi connectivity index (χ3n) is 4.48. The van der Waals surface area contributed by atoms with Gasteiger partial charge in [-0.25, -0.2) is 19.7 Å². The molecule has 1 fully saturated rings. The van der Waals surface area contributed by atoms with Gasteiger partial charge in [0.1, 0.15) is 5.82 Å². The number of carboxylic acid groups (broad SMARTS) is 1. The molecule has 9 heteroatoms. The van der Waals surface area contributed by atoms with E-state index in [1.54, 1.807) is 6.20 Å². The van der Waals surface area contributed by atoms with Crippen molar-refractivity contribution in [1.29, 1.82) is 0 Å². The lowest BCUT2D eigenvalue weighted by molar-refractivity contribution is 0.0690. The van der Waals surface area contributed by atoms with Gasteiger partial charge >= 0.3 is 5.97 Å². The van der Waals surface area contributed by atoms with Gasteiger partial charge in [0, 0.05) is 36.7 Å². The molecule has 0 saturated carbocycles. The number of rotatable bonds is 3. The number of hydrogen-bond acceptors (Lipinski definition) is 6. The highest BCUT2D eigenvalue weighted by Gasteiger charge is 2.25. The quantitative estimate of drug-likeness (QED) is 0.692. The van der Waals surface area contributed by atoms with Crippen molar-refractivity contribution >= 4 is 34.4 Å². The van der Waals surface area contributed by atoms with Gasteiger partial charge in [-0.2, -0.15) is 5.10 Å². The highest BCUT2D eigenvalue weighted by molar-refractivity contribution is 6.28. The van der Waals surface area contributed by atoms with Gasteiger partial charge in [-0.05, 0) is 36.6 Å². The Morgan fingerprint density at radius 1 is 1.32 bits per heavy atom. The lowest BCUT2D eigenvalue weighted by Crippen LogP contribution is -2.34. The second-order valence-electron chi connectivity index (χ2n) is 5.96. The fraction of sp³-hybridized carbons (Fsp3) is 0.312. The number of piperidine rings is 1. The lowest BCUT2D eigenvalue weighted by atomic mass is 9.92. The maximum atomic E-state index is 11.1. The summed E-state index contributed by atoms with van der Waals surface area (Å²) in [5.41, 5.74) is 1.74. The van der Waals surface area contributed by atoms with E-state index in [-0.39, 0.29) is 11.0 Å². The molecule has 0 spiro atoms. The molecule has 1 aliphatic heterocycles. The fourth-order valence-corrected chi connectivity index (χ4v) is 3.42. The number of carboxylic acids is 1. The summed E-state index contributed by atoms with van der Waals surface area (Å²) in [5.74, 6) is -0.245. The van der Waals surface area contributed by atoms with E-state index < -0.39 is 5.97 Å². The molecule has 3 aromatic heterocycles. The minimum Gasteiger partial charge on any atom is -0.477 e. The molecular weight excluding hydrogens is 344 g/mol. The van der Waals surface area contributed by atoms with E-state index in [9.17, 15) is 4.79 Å². The number of nitrogens with one attached hydrogen (secondary N) is 1. The zero-order valence-corrected chi connectivity index (χ0v) is 13.9. The predicted octanol–water partition coefficient (Wildman–Crippen LogP) is 2.48. The van der Waals surface area contributed by atoms with Crippen molar-refractivity contribution in [2.45, 2.75) is 18.8 Å². The first-order valence-electron chi connectivity index (χ1n) is 7.93. The number of carbonyl (C=O) groups is 1. The van der Waals surface area contributed by atoms with Crippen molar-refractivity contribution in [3.63, 3.8) is 0 Å². The topological polar surface area (TPSA) is 108 Å². The number of aromatic carboxylic acids is 1. The molecule has 0 atom stereocenters. The first-order chi connectivity index (χ1) is 12.1. The highest BCUT2D eigenvalue weighted by Crippen LogP contribution is 2.32. The molecule has 1 aliphatic rings. The minimum atomic E-state index is -1.11. The van der Waals surface area contributed by atoms with E-state index in [4.69, 9.17) is 16.7 Å². The molecule has 8 nitrogen and oxygen atoms in total. The highest BCUT2D eigenvalue weighted by atomic mass is 35.5. The van der Waals surface area contributed by atoms with E-state index >= 15 is 0 Å². The van der Waals surface area contributed by atoms with Crippen molar-refractivity contribution in [1.82, 2.24) is 25.1 Å². The van der Waals surface area contributed by atoms with E-state index in [2.05, 4.69) is 25.1 Å². The van der Waals surface area contributed by atoms with Crippen LogP contribution < -0.4 is 4.90 Å². The molecule has 2 N–H and O–H groups in total. The molecule has 1 saturated heterocycles. The van der Waals surface area contributed by atoms with Crippen LogP contribution in [0.3, 0.4) is 0 Å². The maximum Gasteiger partial charge on any atom is 0.354 e. The molecule has 0 radical (unpaired) electrons. The number of pyridine rings is 1. The standard InChI is InChI=1S/C16H15ClN6O2/c17-16-19-11(15(24)25)8-12(20-16)23-6-3-9(4-7-23)13-10-2-1-5-18-14(10)22-21-13/h1-2,5,8-9H,3-4,6-7H2,(H,24,25)(H,18,21,22). The van der Waals surface area contributed by atoms with Gasteiger partial charge in [0.05, 0.1) is 5.69 Å². The summed E-state index contributed by atoms with van der Waals surface area (Å²) >= 11 is 5.86. The van der Waals surface area contributed by atoms with E-state index in [0.717, 1.165) is 42.7 Å². The average molecular weight is 359 g/mol. The lowest BCUT2D eigenvalue weighted by Gasteiger charge is -2.32. The smallest absolute Gasteiger partial charge is 0.354 e. The first kappa shape index (κ1) is 15.8. The number of fused-ring (bicyclic) bond motifs is 1. The second kappa shape index (κ2) is 6.29. The van der Waals surface area contributed by atoms with Gasteiger partial charge in [0.25, 0.3) is 0 Å². The van der Waals surface area contributed by atoms with E-state index in [1.807, 2.05) is 17.0 Å². The Hall–Kier alpha value is -2.74. The molecule has 25 heavy (non-hydrogen) atoms. The third-order valence-corrected chi connectivity index (χ3v) is 4.65. The second-order valence-corrected chi connectivity index (χ2v) is 6.29. The van der Waals surface area contributed by atoms with Crippen molar-refractivity contribution in [2.75, 3.05) is 18.0 Å². The molecule has 0 unspecified atom stereocenters. The molecule has 4 rings (SSSR count). The van der Waals surface area contributed by atoms with Crippen LogP contribution >= 0.6 is 11.6 Å². The largest absolute Gasteiger partial charge is 0.477 e. The number of H-pyrrole nitrogens is 1. The molecular formula is C16H15ClN6O2. The summed E-state index contributed by atoms with van der Waals surface area (Å²) in [7, 11) is 0. The summed E-state index contributed by atoms with van der Waals surface area (Å²) in [6.07, 6.45) is 3.52. The number of aromatic nitrogens is 5. The molecule has 0 aliphatic carbocycles. The molecule has 0 amide bonds. The third kappa shape index (κ3) is 3.00. The Labute approximate surface area is 147 Å². The molecule has 0 bridgehead atoms. The minimum absolute atomic E-state index is 0.0543. The zero-order chi connectivity index (χ0) is 17.4. The van der Waals surface area contributed by atoms with Crippen LogP contribution in [0.25, 0.3) is 11.0 Å². The van der Waals surface area contributed by atoms with Crippen molar-refractivity contribution < 1.29 is 9.90 Å². The summed E-state index contributed by atoms with van der Waals surface area (Å²) < 4.78 is 0. The van der Waals surface area contributed by atoms with Crippen molar-refractivity contribution in [3.8, 4) is 0 Å². The Bertz CT molecular complexity index is 935. The Kier molecular flexibility index (Phi) is 3.96. The van der Waals surface area contributed by atoms with Crippen LogP contribution in [0, 0.1) is 0 Å². The van der Waals surface area contributed by atoms with Gasteiger partial charge in [-0.15, -0.1) is 0 Å². The van der Waals surface area contributed by atoms with E-state index in [0.29, 0.717) is 11.7 Å². The average Bonchev–Trinajstić information content (AvgIpc) is 3.05. The van der Waals surface area contributed by atoms with Gasteiger partial charge in [-0.1, -0.05) is 0 Å². The predicted molar refractivity (Wildman–Crippen MR) is 92.1 cm³/mol. The number of halogens is 1. The van der Waals surface area contributed by atoms with Crippen LogP contribution in [0.5, 0.6) is 0 Å². The summed E-state index contributed by atoms with van der Waals surface area (Å²) in [6.45, 7) is 1.48. The fourth-order valence-electron chi connectivity index (χ4n) is 3.25.